The first-order chi connectivity index (χ1) is 7.59. The summed E-state index contributed by atoms with van der Waals surface area (Å²) in [5, 5.41) is 6.17. The minimum absolute atomic E-state index is 0.258. The molecule has 5 heteroatoms. The van der Waals surface area contributed by atoms with E-state index in [1.807, 2.05) is 0 Å². The van der Waals surface area contributed by atoms with E-state index in [0.717, 1.165) is 12.6 Å². The van der Waals surface area contributed by atoms with Crippen LogP contribution < -0.4 is 10.6 Å². The van der Waals surface area contributed by atoms with Crippen molar-refractivity contribution in [1.29, 1.82) is 0 Å². The van der Waals surface area contributed by atoms with Crippen LogP contribution >= 0.6 is 0 Å². The quantitative estimate of drug-likeness (QED) is 0.770. The SMILES string of the molecule is FC(F)(F)c1ccccc1[C@@H]1CNCCN1. The lowest BCUT2D eigenvalue weighted by atomic mass is 9.99. The molecule has 0 spiro atoms. The first-order valence-corrected chi connectivity index (χ1v) is 5.19. The van der Waals surface area contributed by atoms with Gasteiger partial charge in [-0.2, -0.15) is 13.2 Å². The molecular formula is C11H13F3N2. The molecule has 0 saturated carbocycles. The Bertz CT molecular complexity index is 356. The van der Waals surface area contributed by atoms with Crippen LogP contribution in [-0.4, -0.2) is 19.6 Å². The topological polar surface area (TPSA) is 24.1 Å². The summed E-state index contributed by atoms with van der Waals surface area (Å²) in [6.45, 7) is 2.02. The molecule has 0 amide bonds. The highest BCUT2D eigenvalue weighted by atomic mass is 19.4. The maximum atomic E-state index is 12.8. The summed E-state index contributed by atoms with van der Waals surface area (Å²) >= 11 is 0. The molecule has 0 aromatic heterocycles. The van der Waals surface area contributed by atoms with Crippen LogP contribution in [0.1, 0.15) is 17.2 Å². The highest BCUT2D eigenvalue weighted by molar-refractivity contribution is 5.32. The number of halogens is 3. The summed E-state index contributed by atoms with van der Waals surface area (Å²) in [7, 11) is 0. The van der Waals surface area contributed by atoms with Gasteiger partial charge in [-0.05, 0) is 11.6 Å². The molecule has 1 fully saturated rings. The van der Waals surface area contributed by atoms with Gasteiger partial charge in [0.25, 0.3) is 0 Å². The Morgan fingerprint density at radius 2 is 1.88 bits per heavy atom. The van der Waals surface area contributed by atoms with Crippen LogP contribution in [0, 0.1) is 0 Å². The monoisotopic (exact) mass is 230 g/mol. The molecule has 2 rings (SSSR count). The standard InChI is InChI=1S/C11H13F3N2/c12-11(13,14)9-4-2-1-3-8(9)10-7-15-5-6-16-10/h1-4,10,15-16H,5-7H2/t10-/m0/s1. The number of piperazine rings is 1. The maximum absolute atomic E-state index is 12.8. The van der Waals surface area contributed by atoms with Crippen LogP contribution in [0.25, 0.3) is 0 Å². The fraction of sp³-hybridized carbons (Fsp3) is 0.455. The van der Waals surface area contributed by atoms with Crippen molar-refractivity contribution in [3.8, 4) is 0 Å². The number of hydrogen-bond donors (Lipinski definition) is 2. The van der Waals surface area contributed by atoms with E-state index in [9.17, 15) is 13.2 Å². The first kappa shape index (κ1) is 11.4. The third-order valence-corrected chi connectivity index (χ3v) is 2.68. The fourth-order valence-corrected chi connectivity index (χ4v) is 1.93. The van der Waals surface area contributed by atoms with Crippen LogP contribution in [-0.2, 0) is 6.18 Å². The zero-order chi connectivity index (χ0) is 11.6. The van der Waals surface area contributed by atoms with Gasteiger partial charge in [-0.1, -0.05) is 18.2 Å². The van der Waals surface area contributed by atoms with E-state index < -0.39 is 11.7 Å². The predicted molar refractivity (Wildman–Crippen MR) is 55.1 cm³/mol. The Labute approximate surface area is 91.8 Å². The largest absolute Gasteiger partial charge is 0.416 e. The smallest absolute Gasteiger partial charge is 0.314 e. The Morgan fingerprint density at radius 3 is 2.50 bits per heavy atom. The summed E-state index contributed by atoms with van der Waals surface area (Å²) < 4.78 is 38.3. The van der Waals surface area contributed by atoms with Crippen molar-refractivity contribution in [2.45, 2.75) is 12.2 Å². The Balaban J connectivity index is 2.32. The Morgan fingerprint density at radius 1 is 1.12 bits per heavy atom. The van der Waals surface area contributed by atoms with Crippen LogP contribution in [0.3, 0.4) is 0 Å². The van der Waals surface area contributed by atoms with Gasteiger partial charge in [-0.25, -0.2) is 0 Å². The highest BCUT2D eigenvalue weighted by Crippen LogP contribution is 2.34. The van der Waals surface area contributed by atoms with Gasteiger partial charge in [0.05, 0.1) is 5.56 Å². The molecular weight excluding hydrogens is 217 g/mol. The zero-order valence-electron chi connectivity index (χ0n) is 8.64. The van der Waals surface area contributed by atoms with Gasteiger partial charge in [0.1, 0.15) is 0 Å². The van der Waals surface area contributed by atoms with Gasteiger partial charge in [0.2, 0.25) is 0 Å². The summed E-state index contributed by atoms with van der Waals surface area (Å²) in [5.41, 5.74) is -0.224. The van der Waals surface area contributed by atoms with Crippen LogP contribution in [0.5, 0.6) is 0 Å². The van der Waals surface area contributed by atoms with Crippen molar-refractivity contribution in [3.63, 3.8) is 0 Å². The van der Waals surface area contributed by atoms with E-state index in [1.54, 1.807) is 6.07 Å². The molecule has 1 aliphatic heterocycles. The molecule has 1 aromatic carbocycles. The van der Waals surface area contributed by atoms with Crippen LogP contribution in [0.15, 0.2) is 24.3 Å². The van der Waals surface area contributed by atoms with Gasteiger partial charge in [-0.3, -0.25) is 0 Å². The molecule has 0 unspecified atom stereocenters. The average Bonchev–Trinajstić information content (AvgIpc) is 2.29. The molecule has 1 aliphatic rings. The van der Waals surface area contributed by atoms with Crippen molar-refractivity contribution in [2.75, 3.05) is 19.6 Å². The molecule has 16 heavy (non-hydrogen) atoms. The van der Waals surface area contributed by atoms with Gasteiger partial charge < -0.3 is 10.6 Å². The number of benzene rings is 1. The Hall–Kier alpha value is -1.07. The number of nitrogens with one attached hydrogen (secondary N) is 2. The lowest BCUT2D eigenvalue weighted by Gasteiger charge is -2.27. The summed E-state index contributed by atoms with van der Waals surface area (Å²) in [6.07, 6.45) is -4.28. The van der Waals surface area contributed by atoms with Crippen molar-refractivity contribution in [2.24, 2.45) is 0 Å². The maximum Gasteiger partial charge on any atom is 0.416 e. The second kappa shape index (κ2) is 4.43. The van der Waals surface area contributed by atoms with Gasteiger partial charge in [0.15, 0.2) is 0 Å². The lowest BCUT2D eigenvalue weighted by molar-refractivity contribution is -0.138. The number of rotatable bonds is 1. The van der Waals surface area contributed by atoms with Crippen LogP contribution in [0.4, 0.5) is 13.2 Å². The van der Waals surface area contributed by atoms with E-state index in [4.69, 9.17) is 0 Å². The zero-order valence-corrected chi connectivity index (χ0v) is 8.64. The van der Waals surface area contributed by atoms with E-state index >= 15 is 0 Å². The normalized spacial score (nSPS) is 22.1. The molecule has 88 valence electrons. The van der Waals surface area contributed by atoms with Crippen molar-refractivity contribution in [3.05, 3.63) is 35.4 Å². The molecule has 0 aliphatic carbocycles. The lowest BCUT2D eigenvalue weighted by Crippen LogP contribution is -2.43. The van der Waals surface area contributed by atoms with Crippen molar-refractivity contribution in [1.82, 2.24) is 10.6 Å². The average molecular weight is 230 g/mol. The molecule has 2 N–H and O–H groups in total. The summed E-state index contributed by atoms with van der Waals surface area (Å²) in [4.78, 5) is 0. The molecule has 0 radical (unpaired) electrons. The molecule has 1 aromatic rings. The predicted octanol–water partition coefficient (Wildman–Crippen LogP) is 1.94. The highest BCUT2D eigenvalue weighted by Gasteiger charge is 2.35. The second-order valence-electron chi connectivity index (χ2n) is 3.80. The minimum atomic E-state index is -4.28. The summed E-state index contributed by atoms with van der Waals surface area (Å²) in [5.74, 6) is 0. The third-order valence-electron chi connectivity index (χ3n) is 2.68. The Kier molecular flexibility index (Phi) is 3.16. The second-order valence-corrected chi connectivity index (χ2v) is 3.80. The van der Waals surface area contributed by atoms with Gasteiger partial charge >= 0.3 is 6.18 Å². The van der Waals surface area contributed by atoms with E-state index in [-0.39, 0.29) is 6.04 Å². The van der Waals surface area contributed by atoms with Crippen molar-refractivity contribution >= 4 is 0 Å². The van der Waals surface area contributed by atoms with Crippen molar-refractivity contribution < 1.29 is 13.2 Å². The fourth-order valence-electron chi connectivity index (χ4n) is 1.93. The number of hydrogen-bond acceptors (Lipinski definition) is 2. The first-order valence-electron chi connectivity index (χ1n) is 5.19. The molecule has 1 saturated heterocycles. The molecule has 0 bridgehead atoms. The van der Waals surface area contributed by atoms with E-state index in [0.29, 0.717) is 18.7 Å². The van der Waals surface area contributed by atoms with Gasteiger partial charge in [0, 0.05) is 25.7 Å². The summed E-state index contributed by atoms with van der Waals surface area (Å²) in [6, 6.07) is 5.47. The van der Waals surface area contributed by atoms with Gasteiger partial charge in [-0.15, -0.1) is 0 Å². The molecule has 2 nitrogen and oxygen atoms in total. The molecule has 1 atom stereocenters. The minimum Gasteiger partial charge on any atom is -0.314 e. The number of alkyl halides is 3. The van der Waals surface area contributed by atoms with E-state index in [1.165, 1.54) is 12.1 Å². The van der Waals surface area contributed by atoms with Crippen LogP contribution in [0.2, 0.25) is 0 Å². The van der Waals surface area contributed by atoms with E-state index in [2.05, 4.69) is 10.6 Å². The molecule has 1 heterocycles. The third kappa shape index (κ3) is 2.36.